The Morgan fingerprint density at radius 3 is 1.60 bits per heavy atom. The van der Waals surface area contributed by atoms with Crippen LogP contribution >= 0.6 is 0 Å². The Morgan fingerprint density at radius 1 is 0.667 bits per heavy atom. The van der Waals surface area contributed by atoms with Crippen molar-refractivity contribution >= 4 is 53.2 Å². The Bertz CT molecular complexity index is 2190. The number of ether oxygens (including phenoxy) is 8. The van der Waals surface area contributed by atoms with Gasteiger partial charge in [0.05, 0.1) is 113 Å². The van der Waals surface area contributed by atoms with Crippen LogP contribution < -0.4 is 14.5 Å². The Morgan fingerprint density at radius 2 is 1.12 bits per heavy atom. The van der Waals surface area contributed by atoms with Gasteiger partial charge in [0.1, 0.15) is 13.2 Å². The first-order chi connectivity index (χ1) is 34.3. The monoisotopic (exact) mass is 1150 g/mol. The molecule has 3 aliphatic heterocycles. The number of aliphatic carboxylic acids is 2. The molecule has 0 fully saturated rings. The minimum Gasteiger partial charge on any atom is -0.661 e. The summed E-state index contributed by atoms with van der Waals surface area (Å²) in [4.78, 5) is 43.7. The smallest absolute Gasteiger partial charge is 0.300 e. The van der Waals surface area contributed by atoms with Gasteiger partial charge in [-0.05, 0) is 81.1 Å². The first-order valence-corrected chi connectivity index (χ1v) is 24.2. The van der Waals surface area contributed by atoms with Gasteiger partial charge in [-0.15, -0.1) is 5.69 Å². The number of aliphatic imine (C=N–C) groups is 4. The van der Waals surface area contributed by atoms with Gasteiger partial charge in [-0.2, -0.15) is 5.69 Å². The van der Waals surface area contributed by atoms with Crippen molar-refractivity contribution < 1.29 is 108 Å². The number of allylic oxidation sites excluding steroid dienone is 3. The molecule has 0 saturated heterocycles. The van der Waals surface area contributed by atoms with Crippen LogP contribution in [0, 0.1) is 39.9 Å². The predicted molar refractivity (Wildman–Crippen MR) is 274 cm³/mol. The zero-order chi connectivity index (χ0) is 52.0. The molecule has 1 aromatic heterocycles. The van der Waals surface area contributed by atoms with Crippen LogP contribution in [0.4, 0.5) is 11.4 Å². The number of fused-ring (bicyclic) bond motifs is 5. The Balaban J connectivity index is 0.00000183. The van der Waals surface area contributed by atoms with E-state index in [0.29, 0.717) is 115 Å². The van der Waals surface area contributed by atoms with E-state index < -0.39 is 11.9 Å². The number of carboxylic acid groups (broad SMARTS) is 2. The fourth-order valence-electron chi connectivity index (χ4n) is 7.73. The second-order valence-corrected chi connectivity index (χ2v) is 16.3. The zero-order valence-electron chi connectivity index (χ0n) is 43.3. The molecule has 5 rings (SSSR count). The molecule has 0 amide bonds. The van der Waals surface area contributed by atoms with E-state index in [1.54, 1.807) is 26.6 Å². The van der Waals surface area contributed by atoms with Crippen molar-refractivity contribution in [3.05, 3.63) is 62.6 Å². The van der Waals surface area contributed by atoms with Crippen LogP contribution in [-0.4, -0.2) is 169 Å². The summed E-state index contributed by atoms with van der Waals surface area (Å²) in [6, 6.07) is 3.51. The van der Waals surface area contributed by atoms with Gasteiger partial charge in [-0.1, -0.05) is 31.1 Å². The number of benzene rings is 1. The molecule has 1 atom stereocenters. The number of carbonyl (C=O) groups is 2. The maximum Gasteiger partial charge on any atom is 0.300 e. The number of aliphatic hydroxyl groups is 2. The van der Waals surface area contributed by atoms with E-state index in [0.717, 1.165) is 78.3 Å². The van der Waals surface area contributed by atoms with Gasteiger partial charge in [0, 0.05) is 93.4 Å². The van der Waals surface area contributed by atoms with E-state index in [4.69, 9.17) is 82.7 Å². The van der Waals surface area contributed by atoms with Crippen molar-refractivity contribution in [1.29, 1.82) is 0 Å². The van der Waals surface area contributed by atoms with Gasteiger partial charge in [0.25, 0.3) is 11.9 Å². The van der Waals surface area contributed by atoms with Gasteiger partial charge in [0.2, 0.25) is 0 Å². The van der Waals surface area contributed by atoms with Gasteiger partial charge in [-0.25, -0.2) is 4.99 Å². The number of carboxylic acids is 2. The third kappa shape index (κ3) is 22.2. The Kier molecular flexibility index (Phi) is 32.7. The third-order valence-corrected chi connectivity index (χ3v) is 11.1. The molecule has 4 heterocycles. The summed E-state index contributed by atoms with van der Waals surface area (Å²) in [6.07, 6.45) is 10.6. The molecule has 4 N–H and O–H groups in total. The summed E-state index contributed by atoms with van der Waals surface area (Å²) in [6.45, 7) is 15.8. The minimum absolute atomic E-state index is 0. The average Bonchev–Trinajstić information content (AvgIpc) is 3.94. The van der Waals surface area contributed by atoms with Crippen LogP contribution in [0.3, 0.4) is 0 Å². The first-order valence-electron chi connectivity index (χ1n) is 24.2. The second kappa shape index (κ2) is 36.8. The summed E-state index contributed by atoms with van der Waals surface area (Å²) >= 11 is 0. The van der Waals surface area contributed by atoms with Crippen LogP contribution in [0.2, 0.25) is 0 Å². The first kappa shape index (κ1) is 64.1. The molecule has 6 bridgehead atoms. The summed E-state index contributed by atoms with van der Waals surface area (Å²) in [5.41, 5.74) is 12.1. The van der Waals surface area contributed by atoms with Crippen LogP contribution in [0.25, 0.3) is 6.08 Å². The van der Waals surface area contributed by atoms with Crippen molar-refractivity contribution in [1.82, 2.24) is 4.98 Å². The number of rotatable bonds is 28. The molecule has 72 heavy (non-hydrogen) atoms. The zero-order valence-corrected chi connectivity index (χ0v) is 45.5. The van der Waals surface area contributed by atoms with E-state index in [-0.39, 0.29) is 72.4 Å². The Hall–Kier alpha value is -4.06. The summed E-state index contributed by atoms with van der Waals surface area (Å²) < 4.78 is 45.3. The van der Waals surface area contributed by atoms with Gasteiger partial charge in [0.15, 0.2) is 11.5 Å². The van der Waals surface area contributed by atoms with Crippen molar-refractivity contribution in [2.75, 3.05) is 107 Å². The number of aromatic nitrogens is 1. The van der Waals surface area contributed by atoms with Crippen molar-refractivity contribution in [2.45, 2.75) is 92.5 Å². The van der Waals surface area contributed by atoms with Gasteiger partial charge >= 0.3 is 0 Å². The van der Waals surface area contributed by atoms with Crippen molar-refractivity contribution in [2.24, 2.45) is 20.0 Å². The standard InChI is InChI=1S/C48H68N5O10.2C2H4O2.Gd/c1-7-35-36(8-2)40-28-42-38(12-10-14-55)34(4)46(53-42)32-50-44-30-48(63-26-24-61-22-20-59-18-16-57-6)47(62-25-23-60-21-19-58-17-15-56-5)29-43(44)49-31-45-33(3)37(11-9-13-54)41(52-45)27-39(35)51-40;2*1-2(3)4;/h27,29-32,42,54-55H,7-26,28H2,1-6H3;2*1H3,(H,3,4);/q-1;;;/b41-27-,49-31?,50-32?;;;. The number of nitrogens with zero attached hydrogens (tertiary/aromatic N) is 5. The molecule has 0 radical (unpaired) electrons. The number of methoxy groups -OCH3 is 2. The van der Waals surface area contributed by atoms with Crippen LogP contribution in [0.1, 0.15) is 89.7 Å². The number of aliphatic hydroxyl groups excluding tert-OH is 2. The molecule has 1 unspecified atom stereocenters. The summed E-state index contributed by atoms with van der Waals surface area (Å²) in [5, 5.41) is 34.6. The fourth-order valence-corrected chi connectivity index (χ4v) is 7.73. The van der Waals surface area contributed by atoms with E-state index in [2.05, 4.69) is 33.8 Å². The SMILES string of the molecule is CC(=O)O.CC(=O)O.CCc1c2[n-]c(c1CC)CC1N=C(C=Nc3cc(OCCOCCOCCOC)c(OCCOCCOCCOC)cc3N=CC3=N/C(=C\2)C(CCCO)=C3C)C(C)=C1CCCO.[Gd]. The second-order valence-electron chi connectivity index (χ2n) is 16.3. The number of hydrogen-bond donors (Lipinski definition) is 4. The van der Waals surface area contributed by atoms with Crippen LogP contribution in [0.5, 0.6) is 11.5 Å². The normalized spacial score (nSPS) is 15.5. The summed E-state index contributed by atoms with van der Waals surface area (Å²) in [5.74, 6) is -0.726. The molecular formula is C52H76GdN5O14-. The fraction of sp³-hybridized carbons (Fsp3) is 0.577. The Labute approximate surface area is 456 Å². The minimum atomic E-state index is -0.833. The topological polar surface area (TPSA) is 252 Å². The molecule has 2 aromatic rings. The number of hydrogen-bond acceptors (Lipinski definition) is 16. The molecule has 19 nitrogen and oxygen atoms in total. The van der Waals surface area contributed by atoms with Gasteiger partial charge in [-0.3, -0.25) is 24.6 Å². The predicted octanol–water partition coefficient (Wildman–Crippen LogP) is 6.52. The summed E-state index contributed by atoms with van der Waals surface area (Å²) in [7, 11) is 3.28. The average molecular weight is 1150 g/mol. The van der Waals surface area contributed by atoms with Crippen molar-refractivity contribution in [3.63, 3.8) is 0 Å². The van der Waals surface area contributed by atoms with Crippen LogP contribution in [0.15, 0.2) is 60.1 Å². The third-order valence-electron chi connectivity index (χ3n) is 11.1. The maximum atomic E-state index is 9.87. The van der Waals surface area contributed by atoms with E-state index in [1.807, 2.05) is 12.1 Å². The van der Waals surface area contributed by atoms with Crippen LogP contribution in [-0.2, 0) is 57.3 Å². The molecule has 3 aliphatic rings. The molecule has 0 spiro atoms. The van der Waals surface area contributed by atoms with Gasteiger partial charge < -0.3 is 63.3 Å². The molecule has 0 saturated carbocycles. The van der Waals surface area contributed by atoms with Crippen molar-refractivity contribution in [3.8, 4) is 11.5 Å². The molecule has 20 heteroatoms. The van der Waals surface area contributed by atoms with E-state index in [1.165, 1.54) is 16.7 Å². The quantitative estimate of drug-likeness (QED) is 0.0662. The molecular weight excluding hydrogens is 1080 g/mol. The molecule has 1 aromatic carbocycles. The molecule has 402 valence electrons. The molecule has 0 aliphatic carbocycles. The largest absolute Gasteiger partial charge is 0.661 e. The van der Waals surface area contributed by atoms with E-state index in [9.17, 15) is 10.2 Å². The van der Waals surface area contributed by atoms with E-state index >= 15 is 0 Å². The maximum absolute atomic E-state index is 9.87.